The van der Waals surface area contributed by atoms with Crippen LogP contribution in [0.1, 0.15) is 67.2 Å². The van der Waals surface area contributed by atoms with Crippen molar-refractivity contribution in [2.75, 3.05) is 0 Å². The fraction of sp³-hybridized carbons (Fsp3) is 1.00. The van der Waals surface area contributed by atoms with Crippen LogP contribution in [0.4, 0.5) is 0 Å². The van der Waals surface area contributed by atoms with E-state index in [1.54, 1.807) is 0 Å². The maximum absolute atomic E-state index is 2.35. The standard InChI is InChI=1S/C10H20.2CH4/c1-3-9-7-5-6-8-10(9)4-2;;/h9-10H,3-8H2,1-2H3;2*1H4. The van der Waals surface area contributed by atoms with Gasteiger partial charge < -0.3 is 0 Å². The molecule has 0 aromatic heterocycles. The number of hydrogen-bond acceptors (Lipinski definition) is 0. The molecule has 0 heteroatoms. The first kappa shape index (κ1) is 14.5. The summed E-state index contributed by atoms with van der Waals surface area (Å²) in [5.74, 6) is 2.14. The molecule has 1 aliphatic carbocycles. The van der Waals surface area contributed by atoms with Crippen molar-refractivity contribution in [2.24, 2.45) is 11.8 Å². The van der Waals surface area contributed by atoms with Gasteiger partial charge in [0.25, 0.3) is 0 Å². The second-order valence-corrected chi connectivity index (χ2v) is 3.62. The van der Waals surface area contributed by atoms with Crippen LogP contribution in [0.15, 0.2) is 0 Å². The van der Waals surface area contributed by atoms with E-state index >= 15 is 0 Å². The van der Waals surface area contributed by atoms with Crippen LogP contribution >= 0.6 is 0 Å². The van der Waals surface area contributed by atoms with Gasteiger partial charge in [-0.1, -0.05) is 67.2 Å². The van der Waals surface area contributed by atoms with Gasteiger partial charge in [-0.05, 0) is 11.8 Å². The van der Waals surface area contributed by atoms with Crippen molar-refractivity contribution in [3.8, 4) is 0 Å². The van der Waals surface area contributed by atoms with Gasteiger partial charge in [-0.2, -0.15) is 0 Å². The van der Waals surface area contributed by atoms with Crippen LogP contribution in [0.25, 0.3) is 0 Å². The van der Waals surface area contributed by atoms with E-state index in [4.69, 9.17) is 0 Å². The molecule has 0 heterocycles. The molecule has 0 aromatic carbocycles. The third-order valence-corrected chi connectivity index (χ3v) is 3.12. The van der Waals surface area contributed by atoms with E-state index in [0.717, 1.165) is 11.8 Å². The molecule has 1 rings (SSSR count). The Kier molecular flexibility index (Phi) is 9.24. The summed E-state index contributed by atoms with van der Waals surface area (Å²) in [7, 11) is 0. The lowest BCUT2D eigenvalue weighted by molar-refractivity contribution is 0.224. The Hall–Kier alpha value is 0. The molecule has 12 heavy (non-hydrogen) atoms. The van der Waals surface area contributed by atoms with Crippen LogP contribution in [0.5, 0.6) is 0 Å². The van der Waals surface area contributed by atoms with Crippen molar-refractivity contribution in [3.63, 3.8) is 0 Å². The maximum Gasteiger partial charge on any atom is -0.0389 e. The van der Waals surface area contributed by atoms with Crippen molar-refractivity contribution < 1.29 is 0 Å². The fourth-order valence-electron chi connectivity index (χ4n) is 2.36. The molecular formula is C12H28. The van der Waals surface area contributed by atoms with Crippen LogP contribution in [-0.2, 0) is 0 Å². The van der Waals surface area contributed by atoms with Gasteiger partial charge in [0.1, 0.15) is 0 Å². The van der Waals surface area contributed by atoms with E-state index in [1.165, 1.54) is 38.5 Å². The molecule has 0 N–H and O–H groups in total. The summed E-state index contributed by atoms with van der Waals surface area (Å²) < 4.78 is 0. The molecule has 0 bridgehead atoms. The highest BCUT2D eigenvalue weighted by Gasteiger charge is 2.21. The SMILES string of the molecule is C.C.CCC1CCCCC1CC. The smallest absolute Gasteiger partial charge is 0.0389 e. The highest BCUT2D eigenvalue weighted by molar-refractivity contribution is 4.72. The van der Waals surface area contributed by atoms with Gasteiger partial charge in [0, 0.05) is 0 Å². The van der Waals surface area contributed by atoms with Gasteiger partial charge in [-0.25, -0.2) is 0 Å². The summed E-state index contributed by atoms with van der Waals surface area (Å²) in [5.41, 5.74) is 0. The second kappa shape index (κ2) is 7.64. The Balaban J connectivity index is 0. The van der Waals surface area contributed by atoms with E-state index in [9.17, 15) is 0 Å². The Labute approximate surface area is 79.8 Å². The second-order valence-electron chi connectivity index (χ2n) is 3.62. The molecule has 76 valence electrons. The molecular weight excluding hydrogens is 144 g/mol. The molecule has 2 unspecified atom stereocenters. The lowest BCUT2D eigenvalue weighted by Crippen LogP contribution is -2.17. The van der Waals surface area contributed by atoms with Crippen molar-refractivity contribution >= 4 is 0 Å². The first-order valence-corrected chi connectivity index (χ1v) is 4.88. The number of rotatable bonds is 2. The Morgan fingerprint density at radius 2 is 1.17 bits per heavy atom. The van der Waals surface area contributed by atoms with Crippen LogP contribution < -0.4 is 0 Å². The minimum Gasteiger partial charge on any atom is -0.0776 e. The van der Waals surface area contributed by atoms with Gasteiger partial charge in [0.15, 0.2) is 0 Å². The van der Waals surface area contributed by atoms with Gasteiger partial charge in [-0.15, -0.1) is 0 Å². The van der Waals surface area contributed by atoms with Crippen molar-refractivity contribution in [2.45, 2.75) is 67.2 Å². The summed E-state index contributed by atoms with van der Waals surface area (Å²) in [5, 5.41) is 0. The summed E-state index contributed by atoms with van der Waals surface area (Å²) in [6.07, 6.45) is 8.84. The quantitative estimate of drug-likeness (QED) is 0.556. The average Bonchev–Trinajstić information content (AvgIpc) is 2.04. The van der Waals surface area contributed by atoms with E-state index < -0.39 is 0 Å². The summed E-state index contributed by atoms with van der Waals surface area (Å²) in [6.45, 7) is 4.69. The van der Waals surface area contributed by atoms with E-state index in [-0.39, 0.29) is 14.9 Å². The van der Waals surface area contributed by atoms with Crippen LogP contribution in [-0.4, -0.2) is 0 Å². The Bertz CT molecular complexity index is 74.0. The minimum absolute atomic E-state index is 0. The third-order valence-electron chi connectivity index (χ3n) is 3.12. The van der Waals surface area contributed by atoms with Crippen molar-refractivity contribution in [3.05, 3.63) is 0 Å². The largest absolute Gasteiger partial charge is 0.0776 e. The summed E-state index contributed by atoms with van der Waals surface area (Å²) in [4.78, 5) is 0. The van der Waals surface area contributed by atoms with Crippen LogP contribution in [0.2, 0.25) is 0 Å². The van der Waals surface area contributed by atoms with Gasteiger partial charge >= 0.3 is 0 Å². The van der Waals surface area contributed by atoms with E-state index in [0.29, 0.717) is 0 Å². The molecule has 0 spiro atoms. The lowest BCUT2D eigenvalue weighted by atomic mass is 9.77. The average molecular weight is 172 g/mol. The first-order valence-electron chi connectivity index (χ1n) is 4.88. The van der Waals surface area contributed by atoms with Crippen LogP contribution in [0.3, 0.4) is 0 Å². The fourth-order valence-corrected chi connectivity index (χ4v) is 2.36. The molecule has 0 aromatic rings. The zero-order chi connectivity index (χ0) is 7.40. The molecule has 1 saturated carbocycles. The van der Waals surface area contributed by atoms with Gasteiger partial charge in [-0.3, -0.25) is 0 Å². The molecule has 0 radical (unpaired) electrons. The normalized spacial score (nSPS) is 28.5. The Morgan fingerprint density at radius 3 is 1.42 bits per heavy atom. The highest BCUT2D eigenvalue weighted by atomic mass is 14.3. The first-order chi connectivity index (χ1) is 4.88. The van der Waals surface area contributed by atoms with Crippen molar-refractivity contribution in [1.29, 1.82) is 0 Å². The third kappa shape index (κ3) is 3.60. The van der Waals surface area contributed by atoms with Crippen LogP contribution in [0, 0.1) is 11.8 Å². The molecule has 0 saturated heterocycles. The predicted molar refractivity (Wildman–Crippen MR) is 59.5 cm³/mol. The molecule has 1 fully saturated rings. The highest BCUT2D eigenvalue weighted by Crippen LogP contribution is 2.33. The summed E-state index contributed by atoms with van der Waals surface area (Å²) in [6, 6.07) is 0. The minimum atomic E-state index is 0. The predicted octanol–water partition coefficient (Wildman–Crippen LogP) is 4.89. The zero-order valence-electron chi connectivity index (χ0n) is 7.40. The van der Waals surface area contributed by atoms with Crippen molar-refractivity contribution in [1.82, 2.24) is 0 Å². The molecule has 0 amide bonds. The lowest BCUT2D eigenvalue weighted by Gasteiger charge is -2.29. The Morgan fingerprint density at radius 1 is 0.833 bits per heavy atom. The molecule has 1 aliphatic rings. The maximum atomic E-state index is 2.35. The summed E-state index contributed by atoms with van der Waals surface area (Å²) >= 11 is 0. The molecule has 0 nitrogen and oxygen atoms in total. The van der Waals surface area contributed by atoms with E-state index in [1.807, 2.05) is 0 Å². The topological polar surface area (TPSA) is 0 Å². The molecule has 0 aliphatic heterocycles. The zero-order valence-corrected chi connectivity index (χ0v) is 7.40. The monoisotopic (exact) mass is 172 g/mol. The van der Waals surface area contributed by atoms with Gasteiger partial charge in [0.2, 0.25) is 0 Å². The molecule has 2 atom stereocenters. The van der Waals surface area contributed by atoms with E-state index in [2.05, 4.69) is 13.8 Å². The van der Waals surface area contributed by atoms with Gasteiger partial charge in [0.05, 0.1) is 0 Å². The number of hydrogen-bond donors (Lipinski definition) is 0.